The van der Waals surface area contributed by atoms with Crippen molar-refractivity contribution in [3.8, 4) is 0 Å². The molecular weight excluding hydrogens is 698 g/mol. The zero-order chi connectivity index (χ0) is 38.5. The highest BCUT2D eigenvalue weighted by atomic mass is 16.5. The minimum atomic E-state index is -1.47. The Morgan fingerprint density at radius 2 is 1.61 bits per heavy atom. The summed E-state index contributed by atoms with van der Waals surface area (Å²) < 4.78 is 11.1. The molecule has 0 saturated carbocycles. The van der Waals surface area contributed by atoms with Gasteiger partial charge in [0.15, 0.2) is 0 Å². The van der Waals surface area contributed by atoms with Gasteiger partial charge < -0.3 is 39.8 Å². The number of nitrogens with zero attached hydrogens (tertiary/aromatic N) is 4. The number of benzene rings is 1. The number of cyclic esters (lactones) is 1. The topological polar surface area (TPSA) is 201 Å². The number of hydrogen-bond acceptors (Lipinski definition) is 10. The zero-order valence-corrected chi connectivity index (χ0v) is 30.9. The van der Waals surface area contributed by atoms with Crippen LogP contribution in [0.4, 0.5) is 0 Å². The summed E-state index contributed by atoms with van der Waals surface area (Å²) in [5.74, 6) is -3.89. The van der Waals surface area contributed by atoms with Crippen molar-refractivity contribution in [1.82, 2.24) is 35.6 Å². The van der Waals surface area contributed by atoms with E-state index in [1.807, 2.05) is 13.0 Å². The van der Waals surface area contributed by atoms with Crippen molar-refractivity contribution in [1.29, 1.82) is 0 Å². The number of carbonyl (C=O) groups excluding carboxylic acids is 7. The first-order valence-electron chi connectivity index (χ1n) is 18.9. The van der Waals surface area contributed by atoms with Crippen LogP contribution in [0.5, 0.6) is 0 Å². The van der Waals surface area contributed by atoms with Crippen LogP contribution in [0.15, 0.2) is 47.2 Å². The molecule has 54 heavy (non-hydrogen) atoms. The molecule has 0 unspecified atom stereocenters. The van der Waals surface area contributed by atoms with Crippen LogP contribution in [0.3, 0.4) is 0 Å². The average Bonchev–Trinajstić information content (AvgIpc) is 3.94. The van der Waals surface area contributed by atoms with E-state index in [1.165, 1.54) is 34.1 Å². The lowest BCUT2D eigenvalue weighted by Crippen LogP contribution is -2.63. The Morgan fingerprint density at radius 3 is 2.35 bits per heavy atom. The van der Waals surface area contributed by atoms with E-state index in [9.17, 15) is 33.6 Å². The predicted molar refractivity (Wildman–Crippen MR) is 191 cm³/mol. The molecule has 0 bridgehead atoms. The molecule has 16 nitrogen and oxygen atoms in total. The number of hydrogen-bond donors (Lipinski definition) is 3. The first-order valence-corrected chi connectivity index (χ1v) is 18.9. The van der Waals surface area contributed by atoms with E-state index in [0.29, 0.717) is 45.1 Å². The number of fused-ring (bicyclic) bond motifs is 3. The van der Waals surface area contributed by atoms with Gasteiger partial charge in [-0.2, -0.15) is 0 Å². The molecule has 0 spiro atoms. The summed E-state index contributed by atoms with van der Waals surface area (Å²) in [7, 11) is 0. The van der Waals surface area contributed by atoms with Gasteiger partial charge in [-0.15, -0.1) is 0 Å². The number of esters is 1. The highest BCUT2D eigenvalue weighted by Crippen LogP contribution is 2.28. The number of nitrogens with one attached hydrogen (secondary N) is 3. The Balaban J connectivity index is 1.33. The molecule has 16 heteroatoms. The smallest absolute Gasteiger partial charge is 0.329 e. The number of piperidine rings is 1. The fraction of sp³-hybridized carbons (Fsp3) is 0.579. The van der Waals surface area contributed by atoms with Gasteiger partial charge in [0.1, 0.15) is 55.0 Å². The third-order valence-corrected chi connectivity index (χ3v) is 10.8. The van der Waals surface area contributed by atoms with Crippen LogP contribution in [0.2, 0.25) is 0 Å². The molecular formula is C38H49N7O9. The lowest BCUT2D eigenvalue weighted by molar-refractivity contribution is -0.163. The van der Waals surface area contributed by atoms with Gasteiger partial charge in [0.25, 0.3) is 0 Å². The van der Waals surface area contributed by atoms with Gasteiger partial charge >= 0.3 is 5.97 Å². The lowest BCUT2D eigenvalue weighted by atomic mass is 9.99. The number of ether oxygens (including phenoxy) is 1. The van der Waals surface area contributed by atoms with Crippen LogP contribution < -0.4 is 16.0 Å². The number of carbonyl (C=O) groups is 7. The van der Waals surface area contributed by atoms with Crippen LogP contribution in [-0.2, 0) is 51.1 Å². The maximum Gasteiger partial charge on any atom is 0.329 e. The van der Waals surface area contributed by atoms with Gasteiger partial charge in [-0.05, 0) is 63.9 Å². The molecule has 1 aromatic carbocycles. The molecule has 0 radical (unpaired) electrons. The highest BCUT2D eigenvalue weighted by molar-refractivity contribution is 5.98. The van der Waals surface area contributed by atoms with Crippen LogP contribution >= 0.6 is 0 Å². The van der Waals surface area contributed by atoms with Crippen molar-refractivity contribution in [3.63, 3.8) is 0 Å². The van der Waals surface area contributed by atoms with Gasteiger partial charge in [0.05, 0.1) is 6.20 Å². The van der Waals surface area contributed by atoms with E-state index in [-0.39, 0.29) is 37.7 Å². The van der Waals surface area contributed by atoms with Crippen molar-refractivity contribution in [2.75, 3.05) is 19.6 Å². The molecule has 2 aromatic rings. The summed E-state index contributed by atoms with van der Waals surface area (Å²) in [5, 5.41) is 8.29. The number of aromatic nitrogens is 1. The van der Waals surface area contributed by atoms with Gasteiger partial charge in [0.2, 0.25) is 41.3 Å². The number of amides is 6. The SMILES string of the molecule is C[C@@H]1C[C@H]2C(=O)O[C@@H](C)[C@H](NC(=O)[C@H](Cc3ccccc3)NC(=O)Cc3ncco3)C(=O)N3CCC[C@H]3C(=O)N3CCCC[C@H]3C(=O)N[C@@H](C)C(=O)N2C1. The normalized spacial score (nSPS) is 28.8. The van der Waals surface area contributed by atoms with Gasteiger partial charge in [-0.3, -0.25) is 28.8 Å². The Hall–Kier alpha value is -5.28. The van der Waals surface area contributed by atoms with E-state index in [4.69, 9.17) is 9.15 Å². The van der Waals surface area contributed by atoms with Gasteiger partial charge in [-0.1, -0.05) is 37.3 Å². The molecule has 6 amide bonds. The summed E-state index contributed by atoms with van der Waals surface area (Å²) in [5.41, 5.74) is 0.734. The summed E-state index contributed by atoms with van der Waals surface area (Å²) in [6.07, 6.45) is 4.24. The van der Waals surface area contributed by atoms with E-state index in [0.717, 1.165) is 5.56 Å². The van der Waals surface area contributed by atoms with Crippen LogP contribution in [0.1, 0.15) is 70.8 Å². The van der Waals surface area contributed by atoms with Crippen LogP contribution in [0.25, 0.3) is 0 Å². The average molecular weight is 748 g/mol. The molecule has 4 fully saturated rings. The first-order chi connectivity index (χ1) is 25.9. The van der Waals surface area contributed by atoms with E-state index >= 15 is 0 Å². The Labute approximate surface area is 313 Å². The second-order valence-corrected chi connectivity index (χ2v) is 14.9. The third kappa shape index (κ3) is 8.57. The molecule has 0 aliphatic carbocycles. The van der Waals surface area contributed by atoms with Crippen molar-refractivity contribution >= 4 is 41.4 Å². The molecule has 5 heterocycles. The standard InChI is InChI=1S/C38H49N7O9/c1-22-18-29-38(52)54-24(3)32(42-33(47)26(19-25-10-5-4-6-11-25)41-30(46)20-31-39-14-17-53-31)37(51)44-16-9-13-28(44)36(50)43-15-8-7-12-27(43)34(48)40-23(2)35(49)45(29)21-22/h4-6,10-11,14,17,22-24,26-29,32H,7-9,12-13,15-16,18-21H2,1-3H3,(H,40,48)(H,41,46)(H,42,47)/t22-,23+,24+,26+,27+,28+,29+,32+/m1/s1. The molecule has 4 aliphatic rings. The molecule has 1 aromatic heterocycles. The molecule has 8 atom stereocenters. The van der Waals surface area contributed by atoms with Crippen molar-refractivity contribution in [2.24, 2.45) is 5.92 Å². The summed E-state index contributed by atoms with van der Waals surface area (Å²) >= 11 is 0. The quantitative estimate of drug-likeness (QED) is 0.335. The van der Waals surface area contributed by atoms with Crippen molar-refractivity contribution in [2.45, 2.75) is 114 Å². The summed E-state index contributed by atoms with van der Waals surface area (Å²) in [4.78, 5) is 106. The minimum Gasteiger partial charge on any atom is -0.458 e. The minimum absolute atomic E-state index is 0.0560. The molecule has 290 valence electrons. The molecule has 4 aliphatic heterocycles. The predicted octanol–water partition coefficient (Wildman–Crippen LogP) is 0.489. The van der Waals surface area contributed by atoms with Crippen LogP contribution in [-0.4, -0.2) is 123 Å². The van der Waals surface area contributed by atoms with Gasteiger partial charge in [0, 0.05) is 26.1 Å². The van der Waals surface area contributed by atoms with E-state index < -0.39 is 83.8 Å². The lowest BCUT2D eigenvalue weighted by Gasteiger charge is -2.39. The number of oxazole rings is 1. The Bertz CT molecular complexity index is 1720. The Kier molecular flexibility index (Phi) is 12.0. The largest absolute Gasteiger partial charge is 0.458 e. The summed E-state index contributed by atoms with van der Waals surface area (Å²) in [6.45, 7) is 5.71. The first kappa shape index (κ1) is 38.4. The fourth-order valence-corrected chi connectivity index (χ4v) is 8.00. The second kappa shape index (κ2) is 16.8. The molecule has 4 saturated heterocycles. The molecule has 6 rings (SSSR count). The molecule has 3 N–H and O–H groups in total. The zero-order valence-electron chi connectivity index (χ0n) is 30.9. The third-order valence-electron chi connectivity index (χ3n) is 10.8. The Morgan fingerprint density at radius 1 is 0.889 bits per heavy atom. The van der Waals surface area contributed by atoms with E-state index in [1.54, 1.807) is 31.2 Å². The summed E-state index contributed by atoms with van der Waals surface area (Å²) in [6, 6.07) is 2.66. The maximum atomic E-state index is 14.6. The van der Waals surface area contributed by atoms with Gasteiger partial charge in [-0.25, -0.2) is 9.78 Å². The van der Waals surface area contributed by atoms with Crippen molar-refractivity contribution < 1.29 is 42.7 Å². The monoisotopic (exact) mass is 747 g/mol. The number of rotatable bonds is 7. The maximum absolute atomic E-state index is 14.6. The van der Waals surface area contributed by atoms with Crippen LogP contribution in [0, 0.1) is 5.92 Å². The highest BCUT2D eigenvalue weighted by Gasteiger charge is 2.47. The van der Waals surface area contributed by atoms with E-state index in [2.05, 4.69) is 20.9 Å². The fourth-order valence-electron chi connectivity index (χ4n) is 8.00. The van der Waals surface area contributed by atoms with Crippen molar-refractivity contribution in [3.05, 3.63) is 54.2 Å². The second-order valence-electron chi connectivity index (χ2n) is 14.9.